The molecule has 8 bridgehead atoms. The number of rotatable bonds is 11. The van der Waals surface area contributed by atoms with Crippen molar-refractivity contribution in [2.24, 2.45) is 0 Å². The molecule has 1 saturated heterocycles. The average molecular weight is 1430 g/mol. The molecule has 0 unspecified atom stereocenters. The van der Waals surface area contributed by atoms with Crippen molar-refractivity contribution >= 4 is 121 Å². The van der Waals surface area contributed by atoms with Gasteiger partial charge in [-0.2, -0.15) is 0 Å². The lowest BCUT2D eigenvalue weighted by Crippen LogP contribution is -2.33. The molecule has 0 saturated carbocycles. The lowest BCUT2D eigenvalue weighted by Gasteiger charge is -2.25. The second-order valence-corrected chi connectivity index (χ2v) is 39.8. The van der Waals surface area contributed by atoms with Crippen molar-refractivity contribution in [3.63, 3.8) is 0 Å². The van der Waals surface area contributed by atoms with E-state index in [1.54, 1.807) is 70.6 Å². The summed E-state index contributed by atoms with van der Waals surface area (Å²) in [4.78, 5) is 85.4. The molecule has 0 atom stereocenters. The summed E-state index contributed by atoms with van der Waals surface area (Å²) in [6.07, 6.45) is 1.64. The molecule has 0 aliphatic carbocycles. The fraction of sp³-hybridized carbons (Fsp3) is 0.636. The standard InChI is InChI=1S/C66H93N17O7S6/c1-20-21-24-90-54-53(83-22-25-84-27-29-86-31-33-88-35-36-89-34-32-87-30-28-85-26-23-83)67-37-38(68-54)46-75-45(37)76-47-39-41(71-57(93-63(8,9)10)55(69-39)91-61(2,3)4)49(78-47)80-51-43-44(74-60(96-66(17,18)19)59(73-43)95-65(14,15)16)52(82-51)81-50-42-40(48(77-46)79-50)70-56(92-62(5,6)7)58(72-42)94-64(11,12)13/h20-36H2,1-19H3,(H2,75,76,77,78,79,80,81,82). The van der Waals surface area contributed by atoms with E-state index in [0.717, 1.165) is 43.0 Å². The number of ether oxygens (including phenoxy) is 7. The number of hydrogen-bond donors (Lipinski definition) is 2. The van der Waals surface area contributed by atoms with Crippen LogP contribution in [-0.4, -0.2) is 207 Å². The summed E-state index contributed by atoms with van der Waals surface area (Å²) in [5.74, 6) is 1.69. The van der Waals surface area contributed by atoms with Crippen LogP contribution in [0.15, 0.2) is 30.2 Å². The maximum absolute atomic E-state index is 6.72. The molecule has 24 nitrogen and oxygen atoms in total. The number of aromatic nitrogens is 16. The minimum atomic E-state index is -0.252. The molecule has 10 rings (SSSR count). The maximum atomic E-state index is 6.72. The molecule has 96 heavy (non-hydrogen) atoms. The molecule has 1 fully saturated rings. The first-order valence-corrected chi connectivity index (χ1v) is 37.6. The Morgan fingerprint density at radius 1 is 0.333 bits per heavy atom. The predicted octanol–water partition coefficient (Wildman–Crippen LogP) is 14.5. The van der Waals surface area contributed by atoms with Gasteiger partial charge in [0.25, 0.3) is 5.88 Å². The fourth-order valence-corrected chi connectivity index (χ4v) is 15.3. The van der Waals surface area contributed by atoms with Gasteiger partial charge in [-0.05, 0) is 6.42 Å². The quantitative estimate of drug-likeness (QED) is 0.0899. The number of H-pyrrole nitrogens is 2. The first-order valence-electron chi connectivity index (χ1n) is 32.7. The van der Waals surface area contributed by atoms with Crippen LogP contribution in [0.5, 0.6) is 5.88 Å². The van der Waals surface area contributed by atoms with Gasteiger partial charge in [-0.15, -0.1) is 0 Å². The Morgan fingerprint density at radius 3 is 0.875 bits per heavy atom. The number of hydrogen-bond acceptors (Lipinski definition) is 28. The number of thioether (sulfide) groups is 6. The normalized spacial score (nSPS) is 16.0. The Labute approximate surface area is 588 Å². The Bertz CT molecular complexity index is 4060. The summed E-state index contributed by atoms with van der Waals surface area (Å²) in [5, 5.41) is 4.44. The van der Waals surface area contributed by atoms with Gasteiger partial charge in [0.15, 0.2) is 51.7 Å². The van der Waals surface area contributed by atoms with Crippen LogP contribution in [0.25, 0.3) is 90.7 Å². The minimum Gasteiger partial charge on any atom is -0.475 e. The zero-order valence-corrected chi connectivity index (χ0v) is 63.9. The van der Waals surface area contributed by atoms with Crippen LogP contribution in [0, 0.1) is 0 Å². The molecule has 0 radical (unpaired) electrons. The third-order valence-electron chi connectivity index (χ3n) is 13.2. The van der Waals surface area contributed by atoms with Gasteiger partial charge in [-0.25, -0.2) is 69.8 Å². The maximum Gasteiger partial charge on any atom is 0.258 e. The molecule has 0 amide bonds. The second kappa shape index (κ2) is 30.9. The molecule has 30 heteroatoms. The number of unbranched alkanes of at least 4 members (excludes halogenated alkanes) is 1. The van der Waals surface area contributed by atoms with E-state index in [9.17, 15) is 0 Å². The minimum absolute atomic E-state index is 0.230. The zero-order valence-electron chi connectivity index (χ0n) is 59.0. The highest BCUT2D eigenvalue weighted by Crippen LogP contribution is 2.48. The number of aromatic amines is 2. The summed E-state index contributed by atoms with van der Waals surface area (Å²) in [6, 6.07) is 0. The summed E-state index contributed by atoms with van der Waals surface area (Å²) < 4.78 is 40.8. The predicted molar refractivity (Wildman–Crippen MR) is 390 cm³/mol. The van der Waals surface area contributed by atoms with Crippen LogP contribution in [-0.2, 0) is 28.4 Å². The van der Waals surface area contributed by atoms with Crippen molar-refractivity contribution in [3.8, 4) is 52.0 Å². The monoisotopic (exact) mass is 1430 g/mol. The summed E-state index contributed by atoms with van der Waals surface area (Å²) >= 11 is 9.81. The first-order chi connectivity index (χ1) is 45.2. The van der Waals surface area contributed by atoms with Gasteiger partial charge in [0.1, 0.15) is 75.0 Å². The molecular formula is C66H93N17O7S6. The molecule has 0 aromatic carbocycles. The van der Waals surface area contributed by atoms with Gasteiger partial charge in [0.2, 0.25) is 0 Å². The van der Waals surface area contributed by atoms with E-state index in [1.165, 1.54) is 0 Å². The molecule has 10 heterocycles. The molecule has 3 aliphatic rings. The summed E-state index contributed by atoms with van der Waals surface area (Å²) in [5.41, 5.74) is 4.62. The lowest BCUT2D eigenvalue weighted by atomic mass is 10.3. The van der Waals surface area contributed by atoms with Gasteiger partial charge in [-0.1, -0.05) is 209 Å². The average Bonchev–Trinajstić information content (AvgIpc) is 1.59. The van der Waals surface area contributed by atoms with Crippen molar-refractivity contribution in [3.05, 3.63) is 0 Å². The van der Waals surface area contributed by atoms with Crippen molar-refractivity contribution < 1.29 is 33.2 Å². The summed E-state index contributed by atoms with van der Waals surface area (Å²) in [6.45, 7) is 47.1. The Balaban J connectivity index is 1.30. The van der Waals surface area contributed by atoms with Crippen molar-refractivity contribution in [1.29, 1.82) is 0 Å². The van der Waals surface area contributed by atoms with E-state index in [-0.39, 0.29) is 69.0 Å². The SMILES string of the molecule is CCCCOc1nc2c3nc4nc(nc5[nH]c(nc6nc(nc([nH]3)c2nc1N1CCOCCOCCOCCOCCOCCOCC1)-c1nc(SC(C)(C)C)c(SC(C)(C)C)nc1-6)c1nc(SC(C)(C)C)c(SC(C)(C)C)nc51)-c1nc(SC(C)(C)C)c(SC(C)(C)C)nc1-4. The van der Waals surface area contributed by atoms with Gasteiger partial charge >= 0.3 is 0 Å². The summed E-state index contributed by atoms with van der Waals surface area (Å²) in [7, 11) is 0. The van der Waals surface area contributed by atoms with Gasteiger partial charge in [0.05, 0.1) is 85.9 Å². The first kappa shape index (κ1) is 73.8. The van der Waals surface area contributed by atoms with E-state index < -0.39 is 0 Å². The topological polar surface area (TPSA) is 280 Å². The lowest BCUT2D eigenvalue weighted by molar-refractivity contribution is -0.0152. The van der Waals surface area contributed by atoms with Gasteiger partial charge in [-0.3, -0.25) is 0 Å². The van der Waals surface area contributed by atoms with E-state index in [4.69, 9.17) is 103 Å². The van der Waals surface area contributed by atoms with E-state index in [1.807, 2.05) is 0 Å². The van der Waals surface area contributed by atoms with Crippen LogP contribution < -0.4 is 9.64 Å². The van der Waals surface area contributed by atoms with Crippen molar-refractivity contribution in [1.82, 2.24) is 79.7 Å². The molecule has 3 aliphatic heterocycles. The molecule has 7 aromatic heterocycles. The number of fused-ring (bicyclic) bond motifs is 20. The highest BCUT2D eigenvalue weighted by Gasteiger charge is 2.34. The second-order valence-electron chi connectivity index (χ2n) is 28.9. The van der Waals surface area contributed by atoms with Gasteiger partial charge < -0.3 is 48.0 Å². The van der Waals surface area contributed by atoms with Crippen LogP contribution in [0.4, 0.5) is 5.82 Å². The smallest absolute Gasteiger partial charge is 0.258 e. The molecular weight excluding hydrogens is 1340 g/mol. The molecule has 7 aromatic rings. The van der Waals surface area contributed by atoms with E-state index in [2.05, 4.69) is 146 Å². The van der Waals surface area contributed by atoms with Crippen molar-refractivity contribution in [2.45, 2.75) is 203 Å². The Kier molecular flexibility index (Phi) is 23.8. The number of nitrogens with one attached hydrogen (secondary N) is 2. The van der Waals surface area contributed by atoms with E-state index >= 15 is 0 Å². The molecule has 0 spiro atoms. The molecule has 520 valence electrons. The largest absolute Gasteiger partial charge is 0.475 e. The van der Waals surface area contributed by atoms with Gasteiger partial charge in [0, 0.05) is 41.6 Å². The third-order valence-corrected chi connectivity index (χ3v) is 20.1. The number of anilines is 1. The Morgan fingerprint density at radius 2 is 0.594 bits per heavy atom. The van der Waals surface area contributed by atoms with Crippen LogP contribution in [0.3, 0.4) is 0 Å². The fourth-order valence-electron chi connectivity index (χ4n) is 9.47. The number of nitrogens with zero attached hydrogens (tertiary/aromatic N) is 15. The Hall–Kier alpha value is -4.86. The van der Waals surface area contributed by atoms with E-state index in [0.29, 0.717) is 161 Å². The van der Waals surface area contributed by atoms with Crippen LogP contribution in [0.2, 0.25) is 0 Å². The zero-order chi connectivity index (χ0) is 69.0. The third kappa shape index (κ3) is 20.2. The molecule has 2 N–H and O–H groups in total. The highest BCUT2D eigenvalue weighted by molar-refractivity contribution is 8.04. The highest BCUT2D eigenvalue weighted by atomic mass is 32.2. The van der Waals surface area contributed by atoms with Crippen LogP contribution in [0.1, 0.15) is 144 Å². The van der Waals surface area contributed by atoms with Crippen molar-refractivity contribution in [2.75, 3.05) is 104 Å². The van der Waals surface area contributed by atoms with Crippen LogP contribution >= 0.6 is 70.6 Å².